The predicted molar refractivity (Wildman–Crippen MR) is 119 cm³/mol. The summed E-state index contributed by atoms with van der Waals surface area (Å²) in [5, 5.41) is 12.7. The van der Waals surface area contributed by atoms with Crippen LogP contribution in [0, 0.1) is 0 Å². The smallest absolute Gasteiger partial charge is 0.430 e. The van der Waals surface area contributed by atoms with Crippen molar-refractivity contribution in [1.82, 2.24) is 10.2 Å². The molecular weight excluding hydrogens is 410 g/mol. The number of hydrogen-bond acceptors (Lipinski definition) is 6. The molecule has 8 nitrogen and oxygen atoms in total. The van der Waals surface area contributed by atoms with E-state index in [9.17, 15) is 19.4 Å². The average molecular weight is 433 g/mol. The molecular formula is C22H23B2N2O6. The maximum absolute atomic E-state index is 12.9. The molecule has 2 heterocycles. The molecule has 2 aliphatic heterocycles. The summed E-state index contributed by atoms with van der Waals surface area (Å²) in [6, 6.07) is 10.5. The van der Waals surface area contributed by atoms with Crippen LogP contribution in [0.15, 0.2) is 36.4 Å². The largest absolute Gasteiger partial charge is 0.491 e. The lowest BCUT2D eigenvalue weighted by atomic mass is 9.78. The van der Waals surface area contributed by atoms with Gasteiger partial charge in [0.15, 0.2) is 0 Å². The van der Waals surface area contributed by atoms with Crippen LogP contribution in [0.3, 0.4) is 0 Å². The van der Waals surface area contributed by atoms with E-state index >= 15 is 0 Å². The number of hydrogen-bond donors (Lipinski definition) is 2. The van der Waals surface area contributed by atoms with Crippen molar-refractivity contribution in [2.75, 3.05) is 19.6 Å². The number of benzene rings is 2. The van der Waals surface area contributed by atoms with Crippen LogP contribution in [-0.2, 0) is 27.3 Å². The number of nitrogens with one attached hydrogen (secondary N) is 1. The van der Waals surface area contributed by atoms with E-state index in [1.165, 1.54) is 4.90 Å². The van der Waals surface area contributed by atoms with Gasteiger partial charge in [-0.3, -0.25) is 9.59 Å². The molecule has 0 saturated heterocycles. The van der Waals surface area contributed by atoms with Crippen molar-refractivity contribution in [3.63, 3.8) is 0 Å². The SMILES string of the molecule is O=CCN(CCCCNC(=O)c1ccc2c(c1)[B]OC2)C(=O)c1ccc2c(c1)B(O)OC2. The van der Waals surface area contributed by atoms with Crippen molar-refractivity contribution in [2.24, 2.45) is 0 Å². The van der Waals surface area contributed by atoms with E-state index in [0.717, 1.165) is 16.6 Å². The standard InChI is InChI=1S/C22H23B2N2O6/c27-10-9-26(22(29)16-4-6-18-14-32-24(30)20(18)12-16)8-2-1-7-25-21(28)15-3-5-17-13-31-23-19(17)11-15/h3-6,10-12,30H,1-2,7-9,13-14H2,(H,25,28). The first-order valence-corrected chi connectivity index (χ1v) is 10.6. The Labute approximate surface area is 187 Å². The highest BCUT2D eigenvalue weighted by atomic mass is 16.5. The maximum atomic E-state index is 12.9. The third-order valence-electron chi connectivity index (χ3n) is 5.64. The number of nitrogens with zero attached hydrogens (tertiary/aromatic N) is 1. The van der Waals surface area contributed by atoms with Gasteiger partial charge in [-0.2, -0.15) is 0 Å². The van der Waals surface area contributed by atoms with Crippen molar-refractivity contribution in [1.29, 1.82) is 0 Å². The zero-order valence-electron chi connectivity index (χ0n) is 17.6. The van der Waals surface area contributed by atoms with Crippen LogP contribution in [0.1, 0.15) is 44.7 Å². The second-order valence-corrected chi connectivity index (χ2v) is 7.80. The van der Waals surface area contributed by atoms with E-state index in [0.29, 0.717) is 62.0 Å². The van der Waals surface area contributed by atoms with Crippen LogP contribution < -0.4 is 16.2 Å². The molecule has 10 heteroatoms. The molecule has 2 aromatic carbocycles. The summed E-state index contributed by atoms with van der Waals surface area (Å²) in [5.74, 6) is -0.438. The molecule has 0 aliphatic carbocycles. The fourth-order valence-corrected chi connectivity index (χ4v) is 3.83. The van der Waals surface area contributed by atoms with Crippen LogP contribution in [0.4, 0.5) is 0 Å². The van der Waals surface area contributed by atoms with Crippen molar-refractivity contribution in [3.8, 4) is 0 Å². The lowest BCUT2D eigenvalue weighted by Gasteiger charge is -2.20. The number of rotatable bonds is 9. The molecule has 2 N–H and O–H groups in total. The quantitative estimate of drug-likeness (QED) is 0.315. The van der Waals surface area contributed by atoms with Crippen molar-refractivity contribution in [2.45, 2.75) is 26.1 Å². The van der Waals surface area contributed by atoms with Crippen LogP contribution in [0.25, 0.3) is 0 Å². The summed E-state index contributed by atoms with van der Waals surface area (Å²) in [5.41, 5.74) is 4.39. The number of unbranched alkanes of at least 4 members (excludes halogenated alkanes) is 1. The first-order valence-electron chi connectivity index (χ1n) is 10.6. The van der Waals surface area contributed by atoms with Gasteiger partial charge in [-0.05, 0) is 53.1 Å². The third kappa shape index (κ3) is 4.93. The minimum absolute atomic E-state index is 0.0188. The highest BCUT2D eigenvalue weighted by molar-refractivity contribution is 6.61. The lowest BCUT2D eigenvalue weighted by molar-refractivity contribution is -0.108. The first kappa shape index (κ1) is 22.3. The third-order valence-corrected chi connectivity index (χ3v) is 5.64. The molecule has 2 aromatic rings. The number of carbonyl (C=O) groups is 3. The molecule has 32 heavy (non-hydrogen) atoms. The number of amides is 2. The Hall–Kier alpha value is -2.94. The summed E-state index contributed by atoms with van der Waals surface area (Å²) in [6.45, 7) is 1.67. The van der Waals surface area contributed by atoms with Gasteiger partial charge in [0.1, 0.15) is 6.29 Å². The second kappa shape index (κ2) is 10.1. The predicted octanol–water partition coefficient (Wildman–Crippen LogP) is -0.470. The van der Waals surface area contributed by atoms with Gasteiger partial charge in [0.2, 0.25) is 0 Å². The van der Waals surface area contributed by atoms with Crippen LogP contribution in [-0.4, -0.2) is 62.3 Å². The minimum atomic E-state index is -1.03. The molecule has 2 aliphatic rings. The molecule has 0 bridgehead atoms. The van der Waals surface area contributed by atoms with Gasteiger partial charge in [0.25, 0.3) is 11.8 Å². The molecule has 2 amide bonds. The topological polar surface area (TPSA) is 105 Å². The van der Waals surface area contributed by atoms with Gasteiger partial charge >= 0.3 is 14.6 Å². The first-order chi connectivity index (χ1) is 15.6. The fraction of sp³-hybridized carbons (Fsp3) is 0.318. The lowest BCUT2D eigenvalue weighted by Crippen LogP contribution is -2.35. The second-order valence-electron chi connectivity index (χ2n) is 7.80. The molecule has 0 aromatic heterocycles. The number of fused-ring (bicyclic) bond motifs is 2. The molecule has 0 fully saturated rings. The molecule has 1 radical (unpaired) electrons. The molecule has 4 rings (SSSR count). The van der Waals surface area contributed by atoms with Gasteiger partial charge in [-0.15, -0.1) is 0 Å². The van der Waals surface area contributed by atoms with Gasteiger partial charge in [-0.25, -0.2) is 0 Å². The fourth-order valence-electron chi connectivity index (χ4n) is 3.83. The number of aldehydes is 1. The van der Waals surface area contributed by atoms with E-state index in [-0.39, 0.29) is 18.4 Å². The van der Waals surface area contributed by atoms with Gasteiger partial charge in [0, 0.05) is 24.2 Å². The molecule has 0 atom stereocenters. The highest BCUT2D eigenvalue weighted by Gasteiger charge is 2.28. The average Bonchev–Trinajstić information content (AvgIpc) is 3.43. The summed E-state index contributed by atoms with van der Waals surface area (Å²) in [6.07, 6.45) is 1.98. The van der Waals surface area contributed by atoms with E-state index in [1.807, 2.05) is 6.07 Å². The minimum Gasteiger partial charge on any atom is -0.430 e. The van der Waals surface area contributed by atoms with Crippen LogP contribution in [0.5, 0.6) is 0 Å². The summed E-state index contributed by atoms with van der Waals surface area (Å²) in [4.78, 5) is 37.8. The van der Waals surface area contributed by atoms with Crippen molar-refractivity contribution < 1.29 is 28.7 Å². The van der Waals surface area contributed by atoms with Crippen LogP contribution in [0.2, 0.25) is 0 Å². The molecule has 0 saturated carbocycles. The van der Waals surface area contributed by atoms with E-state index in [1.54, 1.807) is 37.8 Å². The van der Waals surface area contributed by atoms with Crippen molar-refractivity contribution >= 4 is 43.6 Å². The zero-order chi connectivity index (χ0) is 22.5. The Bertz CT molecular complexity index is 1030. The Morgan fingerprint density at radius 2 is 1.94 bits per heavy atom. The summed E-state index contributed by atoms with van der Waals surface area (Å²) < 4.78 is 10.4. The number of carbonyl (C=O) groups excluding carboxylic acids is 3. The van der Waals surface area contributed by atoms with Gasteiger partial charge < -0.3 is 29.3 Å². The summed E-state index contributed by atoms with van der Waals surface area (Å²) in [7, 11) is 0.622. The van der Waals surface area contributed by atoms with E-state index < -0.39 is 7.12 Å². The Kier molecular flexibility index (Phi) is 7.04. The Balaban J connectivity index is 1.26. The molecule has 0 unspecified atom stereocenters. The Morgan fingerprint density at radius 1 is 1.12 bits per heavy atom. The Morgan fingerprint density at radius 3 is 2.78 bits per heavy atom. The van der Waals surface area contributed by atoms with Crippen molar-refractivity contribution in [3.05, 3.63) is 58.7 Å². The normalized spacial score (nSPS) is 13.8. The van der Waals surface area contributed by atoms with Gasteiger partial charge in [-0.1, -0.05) is 18.2 Å². The zero-order valence-corrected chi connectivity index (χ0v) is 17.6. The van der Waals surface area contributed by atoms with Crippen LogP contribution >= 0.6 is 0 Å². The monoisotopic (exact) mass is 433 g/mol. The summed E-state index contributed by atoms with van der Waals surface area (Å²) >= 11 is 0. The van der Waals surface area contributed by atoms with E-state index in [2.05, 4.69) is 5.32 Å². The van der Waals surface area contributed by atoms with E-state index in [4.69, 9.17) is 9.31 Å². The maximum Gasteiger partial charge on any atom is 0.491 e. The molecule has 163 valence electrons. The van der Waals surface area contributed by atoms with Gasteiger partial charge in [0.05, 0.1) is 19.8 Å². The molecule has 0 spiro atoms. The highest BCUT2D eigenvalue weighted by Crippen LogP contribution is 2.13.